The van der Waals surface area contributed by atoms with Crippen LogP contribution in [0, 0.1) is 11.7 Å². The van der Waals surface area contributed by atoms with E-state index in [4.69, 9.17) is 0 Å². The summed E-state index contributed by atoms with van der Waals surface area (Å²) in [7, 11) is 0. The predicted molar refractivity (Wildman–Crippen MR) is 105 cm³/mol. The van der Waals surface area contributed by atoms with Crippen LogP contribution in [0.5, 0.6) is 0 Å². The first-order valence-electron chi connectivity index (χ1n) is 9.97. The maximum atomic E-state index is 13.2. The number of amides is 2. The number of hydrogen-bond donors (Lipinski definition) is 0. The fraction of sp³-hybridized carbons (Fsp3) is 0.391. The molecule has 4 rings (SSSR count). The number of carbonyl (C=O) groups excluding carboxylic acids is 2. The summed E-state index contributed by atoms with van der Waals surface area (Å²) in [5, 5.41) is 0. The Balaban J connectivity index is 1.37. The number of likely N-dealkylation sites (tertiary alicyclic amines) is 1. The highest BCUT2D eigenvalue weighted by Gasteiger charge is 2.40. The maximum absolute atomic E-state index is 13.2. The lowest BCUT2D eigenvalue weighted by atomic mass is 10.1. The third-order valence-corrected chi connectivity index (χ3v) is 5.61. The molecule has 0 spiro atoms. The summed E-state index contributed by atoms with van der Waals surface area (Å²) >= 11 is 0. The average Bonchev–Trinajstić information content (AvgIpc) is 3.48. The van der Waals surface area contributed by atoms with Gasteiger partial charge in [-0.15, -0.1) is 0 Å². The lowest BCUT2D eigenvalue weighted by molar-refractivity contribution is -0.137. The highest BCUT2D eigenvalue weighted by atomic mass is 19.1. The van der Waals surface area contributed by atoms with E-state index < -0.39 is 0 Å². The minimum absolute atomic E-state index is 0.0578. The molecule has 2 amide bonds. The molecule has 1 heterocycles. The molecule has 2 aromatic rings. The molecule has 4 nitrogen and oxygen atoms in total. The molecule has 0 aromatic heterocycles. The van der Waals surface area contributed by atoms with Crippen molar-refractivity contribution in [2.75, 3.05) is 13.1 Å². The van der Waals surface area contributed by atoms with Crippen molar-refractivity contribution < 1.29 is 14.0 Å². The normalized spacial score (nSPS) is 19.1. The Hall–Kier alpha value is -2.69. The molecule has 5 heteroatoms. The van der Waals surface area contributed by atoms with Gasteiger partial charge in [0.2, 0.25) is 11.8 Å². The third-order valence-electron chi connectivity index (χ3n) is 5.61. The smallest absolute Gasteiger partial charge is 0.228 e. The van der Waals surface area contributed by atoms with Gasteiger partial charge in [0.15, 0.2) is 0 Å². The molecular weight excluding hydrogens is 355 g/mol. The third kappa shape index (κ3) is 4.41. The fourth-order valence-corrected chi connectivity index (χ4v) is 3.86. The topological polar surface area (TPSA) is 40.6 Å². The molecule has 1 aliphatic heterocycles. The van der Waals surface area contributed by atoms with Crippen molar-refractivity contribution in [3.63, 3.8) is 0 Å². The molecule has 1 aliphatic carbocycles. The number of rotatable bonds is 7. The summed E-state index contributed by atoms with van der Waals surface area (Å²) in [6.45, 7) is 1.63. The van der Waals surface area contributed by atoms with Gasteiger partial charge in [0.25, 0.3) is 0 Å². The second-order valence-corrected chi connectivity index (χ2v) is 7.80. The number of hydrogen-bond acceptors (Lipinski definition) is 2. The van der Waals surface area contributed by atoms with E-state index in [9.17, 15) is 14.0 Å². The monoisotopic (exact) mass is 380 g/mol. The molecule has 2 aliphatic rings. The largest absolute Gasteiger partial charge is 0.342 e. The van der Waals surface area contributed by atoms with E-state index in [0.717, 1.165) is 24.8 Å². The predicted octanol–water partition coefficient (Wildman–Crippen LogP) is 3.41. The van der Waals surface area contributed by atoms with Crippen molar-refractivity contribution in [1.29, 1.82) is 0 Å². The number of nitrogens with zero attached hydrogens (tertiary/aromatic N) is 2. The molecule has 0 bridgehead atoms. The average molecular weight is 380 g/mol. The van der Waals surface area contributed by atoms with Gasteiger partial charge in [0.05, 0.1) is 5.92 Å². The molecule has 146 valence electrons. The number of carbonyl (C=O) groups is 2. The van der Waals surface area contributed by atoms with E-state index in [1.165, 1.54) is 17.7 Å². The maximum Gasteiger partial charge on any atom is 0.228 e. The van der Waals surface area contributed by atoms with Crippen molar-refractivity contribution in [3.8, 4) is 0 Å². The van der Waals surface area contributed by atoms with Crippen LogP contribution in [-0.2, 0) is 22.6 Å². The van der Waals surface area contributed by atoms with Gasteiger partial charge < -0.3 is 9.80 Å². The highest BCUT2D eigenvalue weighted by molar-refractivity contribution is 5.89. The first-order valence-corrected chi connectivity index (χ1v) is 9.97. The molecule has 1 saturated carbocycles. The summed E-state index contributed by atoms with van der Waals surface area (Å²) < 4.78 is 13.2. The van der Waals surface area contributed by atoms with Crippen LogP contribution in [0.1, 0.15) is 30.4 Å². The SMILES string of the molecule is O=C1CC(C(=O)N(Cc2ccc(F)cc2)C2CC2)CN1CCc1ccccc1. The molecule has 1 unspecified atom stereocenters. The molecule has 2 aromatic carbocycles. The first kappa shape index (κ1) is 18.7. The van der Waals surface area contributed by atoms with Crippen LogP contribution < -0.4 is 0 Å². The number of halogens is 1. The molecule has 0 N–H and O–H groups in total. The van der Waals surface area contributed by atoms with Crippen molar-refractivity contribution in [3.05, 3.63) is 71.5 Å². The van der Waals surface area contributed by atoms with Crippen molar-refractivity contribution in [2.45, 2.75) is 38.3 Å². The van der Waals surface area contributed by atoms with Crippen molar-refractivity contribution >= 4 is 11.8 Å². The Labute approximate surface area is 164 Å². The summed E-state index contributed by atoms with van der Waals surface area (Å²) in [5.74, 6) is -0.429. The quantitative estimate of drug-likeness (QED) is 0.739. The van der Waals surface area contributed by atoms with E-state index in [1.54, 1.807) is 12.1 Å². The van der Waals surface area contributed by atoms with Crippen LogP contribution in [-0.4, -0.2) is 40.7 Å². The number of benzene rings is 2. The van der Waals surface area contributed by atoms with Gasteiger partial charge in [-0.05, 0) is 42.5 Å². The second kappa shape index (κ2) is 8.13. The van der Waals surface area contributed by atoms with Crippen LogP contribution in [0.4, 0.5) is 4.39 Å². The van der Waals surface area contributed by atoms with Crippen LogP contribution in [0.3, 0.4) is 0 Å². The Morgan fingerprint density at radius 3 is 2.43 bits per heavy atom. The van der Waals surface area contributed by atoms with E-state index in [-0.39, 0.29) is 29.6 Å². The molecular formula is C23H25FN2O2. The highest BCUT2D eigenvalue weighted by Crippen LogP contribution is 2.32. The van der Waals surface area contributed by atoms with Crippen LogP contribution >= 0.6 is 0 Å². The second-order valence-electron chi connectivity index (χ2n) is 7.80. The molecule has 1 saturated heterocycles. The molecule has 0 radical (unpaired) electrons. The zero-order valence-corrected chi connectivity index (χ0v) is 15.9. The zero-order chi connectivity index (χ0) is 19.5. The first-order chi connectivity index (χ1) is 13.6. The van der Waals surface area contributed by atoms with Gasteiger partial charge in [-0.25, -0.2) is 4.39 Å². The van der Waals surface area contributed by atoms with E-state index in [2.05, 4.69) is 12.1 Å². The molecule has 2 fully saturated rings. The Kier molecular flexibility index (Phi) is 5.42. The summed E-state index contributed by atoms with van der Waals surface area (Å²) in [6.07, 6.45) is 3.10. The summed E-state index contributed by atoms with van der Waals surface area (Å²) in [6, 6.07) is 16.6. The van der Waals surface area contributed by atoms with E-state index in [0.29, 0.717) is 26.1 Å². The van der Waals surface area contributed by atoms with E-state index in [1.807, 2.05) is 28.0 Å². The summed E-state index contributed by atoms with van der Waals surface area (Å²) in [4.78, 5) is 29.3. The Bertz CT molecular complexity index is 833. The standard InChI is InChI=1S/C23H25FN2O2/c24-20-8-6-18(7-9-20)15-26(21-10-11-21)23(28)19-14-22(27)25(16-19)13-12-17-4-2-1-3-5-17/h1-9,19,21H,10-16H2. The van der Waals surface area contributed by atoms with Gasteiger partial charge in [-0.2, -0.15) is 0 Å². The van der Waals surface area contributed by atoms with Gasteiger partial charge in [0, 0.05) is 32.1 Å². The van der Waals surface area contributed by atoms with Gasteiger partial charge >= 0.3 is 0 Å². The molecule has 28 heavy (non-hydrogen) atoms. The molecule has 1 atom stereocenters. The van der Waals surface area contributed by atoms with E-state index >= 15 is 0 Å². The van der Waals surface area contributed by atoms with Gasteiger partial charge in [-0.3, -0.25) is 9.59 Å². The summed E-state index contributed by atoms with van der Waals surface area (Å²) in [5.41, 5.74) is 2.12. The lowest BCUT2D eigenvalue weighted by Crippen LogP contribution is -2.38. The van der Waals surface area contributed by atoms with Crippen LogP contribution in [0.15, 0.2) is 54.6 Å². The van der Waals surface area contributed by atoms with Crippen LogP contribution in [0.25, 0.3) is 0 Å². The Morgan fingerprint density at radius 1 is 1.04 bits per heavy atom. The Morgan fingerprint density at radius 2 is 1.75 bits per heavy atom. The van der Waals surface area contributed by atoms with Crippen molar-refractivity contribution in [1.82, 2.24) is 9.80 Å². The minimum atomic E-state index is -0.275. The lowest BCUT2D eigenvalue weighted by Gasteiger charge is -2.26. The van der Waals surface area contributed by atoms with Gasteiger partial charge in [0.1, 0.15) is 5.82 Å². The van der Waals surface area contributed by atoms with Crippen molar-refractivity contribution in [2.24, 2.45) is 5.92 Å². The minimum Gasteiger partial charge on any atom is -0.342 e. The zero-order valence-electron chi connectivity index (χ0n) is 15.9. The fourth-order valence-electron chi connectivity index (χ4n) is 3.86. The van der Waals surface area contributed by atoms with Gasteiger partial charge in [-0.1, -0.05) is 42.5 Å². The van der Waals surface area contributed by atoms with Crippen LogP contribution in [0.2, 0.25) is 0 Å².